The van der Waals surface area contributed by atoms with Crippen molar-refractivity contribution in [1.29, 1.82) is 0 Å². The van der Waals surface area contributed by atoms with E-state index in [9.17, 15) is 0 Å². The first-order valence-electron chi connectivity index (χ1n) is 6.05. The van der Waals surface area contributed by atoms with Gasteiger partial charge in [0.05, 0.1) is 0 Å². The van der Waals surface area contributed by atoms with Crippen LogP contribution in [-0.2, 0) is 0 Å². The molecule has 0 aliphatic heterocycles. The van der Waals surface area contributed by atoms with Crippen LogP contribution in [0.4, 0.5) is 5.82 Å². The molecule has 1 aliphatic carbocycles. The van der Waals surface area contributed by atoms with Gasteiger partial charge in [0.2, 0.25) is 0 Å². The second-order valence-corrected chi connectivity index (χ2v) is 4.75. The topological polar surface area (TPSA) is 28.2 Å². The highest BCUT2D eigenvalue weighted by Crippen LogP contribution is 2.32. The molecule has 1 N–H and O–H groups in total. The highest BCUT2D eigenvalue weighted by atomic mass is 15.2. The fourth-order valence-corrected chi connectivity index (χ4v) is 2.00. The Hall–Kier alpha value is -1.09. The molecular weight excluding hydrogens is 198 g/mol. The number of anilines is 1. The van der Waals surface area contributed by atoms with Crippen molar-refractivity contribution in [2.45, 2.75) is 25.8 Å². The van der Waals surface area contributed by atoms with E-state index >= 15 is 0 Å². The van der Waals surface area contributed by atoms with Crippen LogP contribution < -0.4 is 10.2 Å². The van der Waals surface area contributed by atoms with Gasteiger partial charge in [-0.2, -0.15) is 0 Å². The molecule has 3 heteroatoms. The molecule has 1 heterocycles. The largest absolute Gasteiger partial charge is 0.359 e. The van der Waals surface area contributed by atoms with Gasteiger partial charge < -0.3 is 10.2 Å². The van der Waals surface area contributed by atoms with Gasteiger partial charge in [0.15, 0.2) is 0 Å². The third kappa shape index (κ3) is 2.53. The quantitative estimate of drug-likeness (QED) is 0.823. The molecule has 2 rings (SSSR count). The van der Waals surface area contributed by atoms with E-state index in [0.29, 0.717) is 6.04 Å². The summed E-state index contributed by atoms with van der Waals surface area (Å²) in [5, 5.41) is 3.28. The number of rotatable bonds is 5. The van der Waals surface area contributed by atoms with E-state index in [4.69, 9.17) is 0 Å². The lowest BCUT2D eigenvalue weighted by atomic mass is 10.1. The van der Waals surface area contributed by atoms with Crippen LogP contribution in [-0.4, -0.2) is 25.6 Å². The maximum Gasteiger partial charge on any atom is 0.133 e. The molecule has 0 bridgehead atoms. The van der Waals surface area contributed by atoms with E-state index in [0.717, 1.165) is 18.3 Å². The molecule has 1 aromatic heterocycles. The number of hydrogen-bond acceptors (Lipinski definition) is 3. The number of pyridine rings is 1. The summed E-state index contributed by atoms with van der Waals surface area (Å²) in [6.07, 6.45) is 4.65. The van der Waals surface area contributed by atoms with Crippen molar-refractivity contribution in [2.24, 2.45) is 5.92 Å². The molecule has 0 amide bonds. The molecule has 1 atom stereocenters. The molecule has 0 aromatic carbocycles. The number of nitrogens with one attached hydrogen (secondary N) is 1. The molecule has 88 valence electrons. The Kier molecular flexibility index (Phi) is 3.44. The van der Waals surface area contributed by atoms with Crippen LogP contribution >= 0.6 is 0 Å². The van der Waals surface area contributed by atoms with Gasteiger partial charge in [0.1, 0.15) is 5.82 Å². The number of hydrogen-bond donors (Lipinski definition) is 1. The number of nitrogens with zero attached hydrogens (tertiary/aromatic N) is 2. The summed E-state index contributed by atoms with van der Waals surface area (Å²) < 4.78 is 0. The van der Waals surface area contributed by atoms with Crippen LogP contribution in [0.15, 0.2) is 18.3 Å². The summed E-state index contributed by atoms with van der Waals surface area (Å²) in [5.41, 5.74) is 1.29. The fourth-order valence-electron chi connectivity index (χ4n) is 2.00. The minimum absolute atomic E-state index is 0.352. The zero-order valence-corrected chi connectivity index (χ0v) is 10.4. The van der Waals surface area contributed by atoms with Gasteiger partial charge in [-0.05, 0) is 38.8 Å². The molecule has 1 fully saturated rings. The molecule has 1 saturated carbocycles. The normalized spacial score (nSPS) is 17.2. The summed E-state index contributed by atoms with van der Waals surface area (Å²) in [5.74, 6) is 2.01. The maximum atomic E-state index is 4.51. The van der Waals surface area contributed by atoms with Crippen molar-refractivity contribution in [3.63, 3.8) is 0 Å². The van der Waals surface area contributed by atoms with Gasteiger partial charge in [-0.3, -0.25) is 0 Å². The molecule has 1 aliphatic rings. The van der Waals surface area contributed by atoms with Crippen LogP contribution in [0.25, 0.3) is 0 Å². The molecule has 1 unspecified atom stereocenters. The average molecular weight is 219 g/mol. The summed E-state index contributed by atoms with van der Waals surface area (Å²) in [4.78, 5) is 6.81. The summed E-state index contributed by atoms with van der Waals surface area (Å²) in [6.45, 7) is 3.31. The van der Waals surface area contributed by atoms with Gasteiger partial charge in [-0.15, -0.1) is 0 Å². The van der Waals surface area contributed by atoms with Crippen molar-refractivity contribution < 1.29 is 0 Å². The van der Waals surface area contributed by atoms with Crippen LogP contribution in [0, 0.1) is 5.92 Å². The fraction of sp³-hybridized carbons (Fsp3) is 0.615. The van der Waals surface area contributed by atoms with Gasteiger partial charge in [-0.25, -0.2) is 4.98 Å². The maximum absolute atomic E-state index is 4.51. The first-order valence-corrected chi connectivity index (χ1v) is 6.05. The van der Waals surface area contributed by atoms with Crippen molar-refractivity contribution in [1.82, 2.24) is 10.3 Å². The Bertz CT molecular complexity index is 347. The lowest BCUT2D eigenvalue weighted by Gasteiger charge is -2.23. The monoisotopic (exact) mass is 219 g/mol. The molecule has 3 nitrogen and oxygen atoms in total. The highest BCUT2D eigenvalue weighted by Gasteiger charge is 2.24. The van der Waals surface area contributed by atoms with E-state index in [1.54, 1.807) is 0 Å². The average Bonchev–Trinajstić information content (AvgIpc) is 3.12. The minimum Gasteiger partial charge on any atom is -0.359 e. The van der Waals surface area contributed by atoms with Gasteiger partial charge in [0.25, 0.3) is 0 Å². The van der Waals surface area contributed by atoms with E-state index in [1.165, 1.54) is 18.4 Å². The Morgan fingerprint density at radius 3 is 2.94 bits per heavy atom. The van der Waals surface area contributed by atoms with Crippen molar-refractivity contribution in [3.05, 3.63) is 23.9 Å². The third-order valence-electron chi connectivity index (χ3n) is 3.31. The third-order valence-corrected chi connectivity index (χ3v) is 3.31. The Morgan fingerprint density at radius 1 is 1.56 bits per heavy atom. The van der Waals surface area contributed by atoms with Crippen LogP contribution in [0.1, 0.15) is 31.4 Å². The molecule has 1 aromatic rings. The number of aromatic nitrogens is 1. The van der Waals surface area contributed by atoms with Gasteiger partial charge in [0, 0.05) is 31.4 Å². The molecule has 16 heavy (non-hydrogen) atoms. The van der Waals surface area contributed by atoms with Crippen molar-refractivity contribution in [3.8, 4) is 0 Å². The zero-order chi connectivity index (χ0) is 11.5. The smallest absolute Gasteiger partial charge is 0.133 e. The predicted molar refractivity (Wildman–Crippen MR) is 67.7 cm³/mol. The lowest BCUT2D eigenvalue weighted by molar-refractivity contribution is 0.643. The first-order chi connectivity index (χ1) is 7.72. The lowest BCUT2D eigenvalue weighted by Crippen LogP contribution is -2.24. The Balaban J connectivity index is 2.16. The predicted octanol–water partition coefficient (Wildman–Crippen LogP) is 2.21. The molecule has 0 spiro atoms. The Labute approximate surface area is 97.9 Å². The SMILES string of the molecule is CNC(C)c1cccnc1N(C)CC1CC1. The van der Waals surface area contributed by atoms with Crippen LogP contribution in [0.3, 0.4) is 0 Å². The van der Waals surface area contributed by atoms with E-state index in [2.05, 4.69) is 35.2 Å². The zero-order valence-electron chi connectivity index (χ0n) is 10.4. The van der Waals surface area contributed by atoms with Crippen molar-refractivity contribution in [2.75, 3.05) is 25.5 Å². The standard InChI is InChI=1S/C13H21N3/c1-10(14-2)12-5-4-8-15-13(12)16(3)9-11-6-7-11/h4-5,8,10-11,14H,6-7,9H2,1-3H3. The Morgan fingerprint density at radius 2 is 2.31 bits per heavy atom. The molecule has 0 radical (unpaired) electrons. The van der Waals surface area contributed by atoms with Crippen LogP contribution in [0.2, 0.25) is 0 Å². The van der Waals surface area contributed by atoms with E-state index in [1.807, 2.05) is 19.3 Å². The van der Waals surface area contributed by atoms with E-state index < -0.39 is 0 Å². The highest BCUT2D eigenvalue weighted by molar-refractivity contribution is 5.47. The van der Waals surface area contributed by atoms with Gasteiger partial charge in [-0.1, -0.05) is 6.07 Å². The van der Waals surface area contributed by atoms with Crippen molar-refractivity contribution >= 4 is 5.82 Å². The molecular formula is C13H21N3. The second kappa shape index (κ2) is 4.83. The van der Waals surface area contributed by atoms with Crippen LogP contribution in [0.5, 0.6) is 0 Å². The summed E-state index contributed by atoms with van der Waals surface area (Å²) in [7, 11) is 4.13. The minimum atomic E-state index is 0.352. The molecule has 0 saturated heterocycles. The van der Waals surface area contributed by atoms with E-state index in [-0.39, 0.29) is 0 Å². The summed E-state index contributed by atoms with van der Waals surface area (Å²) in [6, 6.07) is 4.52. The first kappa shape index (κ1) is 11.4. The summed E-state index contributed by atoms with van der Waals surface area (Å²) >= 11 is 0. The second-order valence-electron chi connectivity index (χ2n) is 4.75. The van der Waals surface area contributed by atoms with Gasteiger partial charge >= 0.3 is 0 Å².